The number of carboxylic acids is 1. The van der Waals surface area contributed by atoms with Crippen LogP contribution in [0.2, 0.25) is 0 Å². The monoisotopic (exact) mass is 216 g/mol. The molecule has 1 aliphatic rings. The van der Waals surface area contributed by atoms with E-state index in [-0.39, 0.29) is 13.0 Å². The van der Waals surface area contributed by atoms with Crippen LogP contribution in [0.15, 0.2) is 24.3 Å². The fraction of sp³-hybridized carbons (Fsp3) is 0.308. The summed E-state index contributed by atoms with van der Waals surface area (Å²) < 4.78 is 5.48. The van der Waals surface area contributed by atoms with Crippen LogP contribution in [0.1, 0.15) is 12.0 Å². The number of fused-ring (bicyclic) bond motifs is 1. The Kier molecular flexibility index (Phi) is 2.57. The zero-order chi connectivity index (χ0) is 11.6. The highest BCUT2D eigenvalue weighted by molar-refractivity contribution is 5.76. The van der Waals surface area contributed by atoms with E-state index in [9.17, 15) is 9.90 Å². The number of carboxylic acid groups (broad SMARTS) is 1. The van der Waals surface area contributed by atoms with E-state index >= 15 is 0 Å². The topological polar surface area (TPSA) is 46.5 Å². The highest BCUT2D eigenvalue weighted by Gasteiger charge is 2.42. The minimum atomic E-state index is -0.969. The average molecular weight is 216 g/mol. The van der Waals surface area contributed by atoms with Crippen molar-refractivity contribution in [2.24, 2.45) is 5.41 Å². The second-order valence-electron chi connectivity index (χ2n) is 4.04. The van der Waals surface area contributed by atoms with Crippen molar-refractivity contribution < 1.29 is 14.6 Å². The number of ether oxygens (including phenoxy) is 1. The number of carbonyl (C=O) groups is 1. The van der Waals surface area contributed by atoms with Gasteiger partial charge in [0.1, 0.15) is 17.8 Å². The molecule has 0 amide bonds. The van der Waals surface area contributed by atoms with E-state index in [2.05, 4.69) is 5.92 Å². The molecule has 1 aromatic carbocycles. The van der Waals surface area contributed by atoms with Crippen molar-refractivity contribution >= 4 is 5.97 Å². The van der Waals surface area contributed by atoms with E-state index in [0.717, 1.165) is 11.3 Å². The largest absolute Gasteiger partial charge is 0.492 e. The van der Waals surface area contributed by atoms with Gasteiger partial charge in [-0.05, 0) is 18.1 Å². The lowest BCUT2D eigenvalue weighted by Gasteiger charge is -2.32. The molecule has 1 N–H and O–H groups in total. The third kappa shape index (κ3) is 1.63. The number of para-hydroxylation sites is 1. The molecule has 3 heteroatoms. The smallest absolute Gasteiger partial charge is 0.314 e. The minimum Gasteiger partial charge on any atom is -0.492 e. The molecule has 82 valence electrons. The van der Waals surface area contributed by atoms with Crippen molar-refractivity contribution in [1.29, 1.82) is 0 Å². The van der Waals surface area contributed by atoms with Gasteiger partial charge < -0.3 is 9.84 Å². The Morgan fingerprint density at radius 2 is 2.31 bits per heavy atom. The second-order valence-corrected chi connectivity index (χ2v) is 4.04. The van der Waals surface area contributed by atoms with Crippen molar-refractivity contribution in [3.63, 3.8) is 0 Å². The zero-order valence-corrected chi connectivity index (χ0v) is 8.77. The maximum Gasteiger partial charge on any atom is 0.314 e. The van der Waals surface area contributed by atoms with Crippen LogP contribution < -0.4 is 4.74 Å². The summed E-state index contributed by atoms with van der Waals surface area (Å²) in [7, 11) is 0. The van der Waals surface area contributed by atoms with Crippen LogP contribution in [0.5, 0.6) is 5.75 Å². The van der Waals surface area contributed by atoms with Crippen LogP contribution in [0.4, 0.5) is 0 Å². The third-order valence-electron chi connectivity index (χ3n) is 2.90. The van der Waals surface area contributed by atoms with Crippen LogP contribution in [0.3, 0.4) is 0 Å². The van der Waals surface area contributed by atoms with E-state index in [0.29, 0.717) is 6.42 Å². The molecule has 0 radical (unpaired) electrons. The van der Waals surface area contributed by atoms with Crippen LogP contribution in [-0.4, -0.2) is 17.7 Å². The van der Waals surface area contributed by atoms with E-state index in [1.54, 1.807) is 0 Å². The summed E-state index contributed by atoms with van der Waals surface area (Å²) in [6, 6.07) is 7.46. The number of terminal acetylenes is 1. The summed E-state index contributed by atoms with van der Waals surface area (Å²) in [6.07, 6.45) is 5.86. The van der Waals surface area contributed by atoms with E-state index in [4.69, 9.17) is 11.2 Å². The van der Waals surface area contributed by atoms with Gasteiger partial charge in [0.15, 0.2) is 0 Å². The Balaban J connectivity index is 2.35. The van der Waals surface area contributed by atoms with Gasteiger partial charge in [0.2, 0.25) is 0 Å². The van der Waals surface area contributed by atoms with Gasteiger partial charge in [-0.1, -0.05) is 18.2 Å². The molecule has 16 heavy (non-hydrogen) atoms. The molecule has 1 atom stereocenters. The molecule has 1 aliphatic heterocycles. The summed E-state index contributed by atoms with van der Waals surface area (Å²) in [5.41, 5.74) is -0.0604. The van der Waals surface area contributed by atoms with Crippen molar-refractivity contribution in [1.82, 2.24) is 0 Å². The summed E-state index contributed by atoms with van der Waals surface area (Å²) >= 11 is 0. The highest BCUT2D eigenvalue weighted by atomic mass is 16.5. The van der Waals surface area contributed by atoms with Crippen molar-refractivity contribution in [2.75, 3.05) is 6.61 Å². The fourth-order valence-corrected chi connectivity index (χ4v) is 1.94. The maximum atomic E-state index is 11.3. The standard InChI is InChI=1S/C13H12O3/c1-2-7-13(12(14)15)8-10-5-3-4-6-11(10)16-9-13/h1,3-6H,7-9H2,(H,14,15). The van der Waals surface area contributed by atoms with E-state index in [1.807, 2.05) is 24.3 Å². The molecule has 0 aromatic heterocycles. The first-order valence-electron chi connectivity index (χ1n) is 5.05. The first kappa shape index (κ1) is 10.6. The summed E-state index contributed by atoms with van der Waals surface area (Å²) in [6.45, 7) is 0.142. The zero-order valence-electron chi connectivity index (χ0n) is 8.77. The van der Waals surface area contributed by atoms with Crippen LogP contribution in [0, 0.1) is 17.8 Å². The summed E-state index contributed by atoms with van der Waals surface area (Å²) in [5.74, 6) is 2.30. The van der Waals surface area contributed by atoms with Gasteiger partial charge >= 0.3 is 5.97 Å². The first-order valence-corrected chi connectivity index (χ1v) is 5.05. The number of hydrogen-bond donors (Lipinski definition) is 1. The predicted molar refractivity (Wildman–Crippen MR) is 59.2 cm³/mol. The molecule has 0 bridgehead atoms. The fourth-order valence-electron chi connectivity index (χ4n) is 1.94. The highest BCUT2D eigenvalue weighted by Crippen LogP contribution is 2.36. The van der Waals surface area contributed by atoms with Gasteiger partial charge in [-0.3, -0.25) is 4.79 Å². The second kappa shape index (κ2) is 3.90. The van der Waals surface area contributed by atoms with E-state index in [1.165, 1.54) is 0 Å². The molecular weight excluding hydrogens is 204 g/mol. The lowest BCUT2D eigenvalue weighted by Crippen LogP contribution is -2.41. The van der Waals surface area contributed by atoms with Gasteiger partial charge in [0, 0.05) is 6.42 Å². The number of hydrogen-bond acceptors (Lipinski definition) is 2. The molecule has 0 spiro atoms. The molecule has 1 unspecified atom stereocenters. The number of rotatable bonds is 2. The van der Waals surface area contributed by atoms with Gasteiger partial charge in [0.05, 0.1) is 0 Å². The summed E-state index contributed by atoms with van der Waals surface area (Å²) in [4.78, 5) is 11.3. The third-order valence-corrected chi connectivity index (χ3v) is 2.90. The normalized spacial score (nSPS) is 22.7. The molecular formula is C13H12O3. The first-order chi connectivity index (χ1) is 7.68. The number of aliphatic carboxylic acids is 1. The van der Waals surface area contributed by atoms with Crippen molar-refractivity contribution in [3.05, 3.63) is 29.8 Å². The van der Waals surface area contributed by atoms with Crippen LogP contribution in [0.25, 0.3) is 0 Å². The molecule has 2 rings (SSSR count). The van der Waals surface area contributed by atoms with Gasteiger partial charge in [0.25, 0.3) is 0 Å². The van der Waals surface area contributed by atoms with Gasteiger partial charge in [-0.15, -0.1) is 12.3 Å². The Bertz CT molecular complexity index is 458. The van der Waals surface area contributed by atoms with Crippen LogP contribution in [-0.2, 0) is 11.2 Å². The molecule has 1 aromatic rings. The van der Waals surface area contributed by atoms with Gasteiger partial charge in [-0.25, -0.2) is 0 Å². The minimum absolute atomic E-state index is 0.142. The molecule has 0 fully saturated rings. The quantitative estimate of drug-likeness (QED) is 0.765. The van der Waals surface area contributed by atoms with Crippen LogP contribution >= 0.6 is 0 Å². The lowest BCUT2D eigenvalue weighted by atomic mass is 9.78. The number of benzene rings is 1. The van der Waals surface area contributed by atoms with E-state index < -0.39 is 11.4 Å². The molecule has 3 nitrogen and oxygen atoms in total. The molecule has 0 aliphatic carbocycles. The SMILES string of the molecule is C#CCC1(C(=O)O)COc2ccccc2C1. The lowest BCUT2D eigenvalue weighted by molar-refractivity contribution is -0.151. The average Bonchev–Trinajstić information content (AvgIpc) is 2.29. The predicted octanol–water partition coefficient (Wildman–Crippen LogP) is 1.72. The Morgan fingerprint density at radius 1 is 1.56 bits per heavy atom. The van der Waals surface area contributed by atoms with Crippen molar-refractivity contribution in [2.45, 2.75) is 12.8 Å². The van der Waals surface area contributed by atoms with Crippen molar-refractivity contribution in [3.8, 4) is 18.1 Å². The maximum absolute atomic E-state index is 11.3. The Morgan fingerprint density at radius 3 is 3.00 bits per heavy atom. The molecule has 0 saturated heterocycles. The summed E-state index contributed by atoms with van der Waals surface area (Å²) in [5, 5.41) is 9.27. The van der Waals surface area contributed by atoms with Gasteiger partial charge in [-0.2, -0.15) is 0 Å². The molecule has 0 saturated carbocycles. The Hall–Kier alpha value is -1.95. The Labute approximate surface area is 94.0 Å². The molecule has 1 heterocycles.